The zero-order valence-corrected chi connectivity index (χ0v) is 12.5. The molecule has 2 heteroatoms. The molecule has 0 bridgehead atoms. The number of aliphatic hydroxyl groups is 1. The van der Waals surface area contributed by atoms with Crippen molar-refractivity contribution in [3.63, 3.8) is 0 Å². The molecular weight excluding hydrogens is 234 g/mol. The summed E-state index contributed by atoms with van der Waals surface area (Å²) in [4.78, 5) is 2.28. The van der Waals surface area contributed by atoms with Crippen LogP contribution in [0.5, 0.6) is 0 Å². The highest BCUT2D eigenvalue weighted by atomic mass is 16.3. The Hall–Kier alpha value is -1.02. The van der Waals surface area contributed by atoms with Gasteiger partial charge in [-0.3, -0.25) is 0 Å². The number of anilines is 1. The van der Waals surface area contributed by atoms with E-state index in [1.54, 1.807) is 0 Å². The Morgan fingerprint density at radius 1 is 1.21 bits per heavy atom. The molecule has 0 saturated heterocycles. The quantitative estimate of drug-likeness (QED) is 0.897. The molecule has 0 aromatic heterocycles. The standard InChI is InChI=1S/C17H27NO/c1-4-14-6-8-16(9-7-14)18(3)12-15-11-13(2)5-10-17(15)19/h6-9,13,15,17,19H,4-5,10-12H2,1-3H3. The van der Waals surface area contributed by atoms with Crippen LogP contribution in [0.2, 0.25) is 0 Å². The first-order valence-electron chi connectivity index (χ1n) is 7.58. The van der Waals surface area contributed by atoms with Gasteiger partial charge in [0.1, 0.15) is 0 Å². The zero-order chi connectivity index (χ0) is 13.8. The van der Waals surface area contributed by atoms with Gasteiger partial charge in [-0.25, -0.2) is 0 Å². The minimum Gasteiger partial charge on any atom is -0.393 e. The van der Waals surface area contributed by atoms with Crippen molar-refractivity contribution in [2.24, 2.45) is 11.8 Å². The third-order valence-corrected chi connectivity index (χ3v) is 4.50. The average Bonchev–Trinajstić information content (AvgIpc) is 2.43. The van der Waals surface area contributed by atoms with E-state index in [9.17, 15) is 5.11 Å². The molecule has 1 N–H and O–H groups in total. The first-order valence-corrected chi connectivity index (χ1v) is 7.58. The smallest absolute Gasteiger partial charge is 0.0585 e. The molecule has 3 atom stereocenters. The summed E-state index contributed by atoms with van der Waals surface area (Å²) in [6.07, 6.45) is 4.26. The van der Waals surface area contributed by atoms with Crippen molar-refractivity contribution in [2.45, 2.75) is 45.6 Å². The Morgan fingerprint density at radius 2 is 1.89 bits per heavy atom. The second-order valence-corrected chi connectivity index (χ2v) is 6.15. The predicted molar refractivity (Wildman–Crippen MR) is 81.6 cm³/mol. The number of aryl methyl sites for hydroxylation is 1. The summed E-state index contributed by atoms with van der Waals surface area (Å²) in [7, 11) is 2.13. The van der Waals surface area contributed by atoms with E-state index in [1.807, 2.05) is 0 Å². The van der Waals surface area contributed by atoms with Crippen LogP contribution in [0.1, 0.15) is 38.7 Å². The largest absolute Gasteiger partial charge is 0.393 e. The first kappa shape index (κ1) is 14.4. The van der Waals surface area contributed by atoms with Gasteiger partial charge >= 0.3 is 0 Å². The lowest BCUT2D eigenvalue weighted by Crippen LogP contribution is -2.37. The Balaban J connectivity index is 1.97. The fourth-order valence-corrected chi connectivity index (χ4v) is 3.12. The maximum Gasteiger partial charge on any atom is 0.0585 e. The van der Waals surface area contributed by atoms with Crippen LogP contribution in [-0.4, -0.2) is 24.8 Å². The minimum absolute atomic E-state index is 0.117. The number of nitrogens with zero attached hydrogens (tertiary/aromatic N) is 1. The number of benzene rings is 1. The molecule has 1 aliphatic carbocycles. The molecule has 1 aromatic rings. The Kier molecular flexibility index (Phi) is 4.87. The van der Waals surface area contributed by atoms with E-state index >= 15 is 0 Å². The molecule has 1 aliphatic rings. The van der Waals surface area contributed by atoms with Gasteiger partial charge in [0, 0.05) is 25.2 Å². The molecule has 1 aromatic carbocycles. The highest BCUT2D eigenvalue weighted by Crippen LogP contribution is 2.30. The van der Waals surface area contributed by atoms with Gasteiger partial charge in [-0.15, -0.1) is 0 Å². The van der Waals surface area contributed by atoms with E-state index in [0.717, 1.165) is 31.7 Å². The second-order valence-electron chi connectivity index (χ2n) is 6.15. The van der Waals surface area contributed by atoms with Crippen LogP contribution in [0.4, 0.5) is 5.69 Å². The maximum atomic E-state index is 10.1. The minimum atomic E-state index is -0.117. The highest BCUT2D eigenvalue weighted by Gasteiger charge is 2.27. The molecule has 3 unspecified atom stereocenters. The fraction of sp³-hybridized carbons (Fsp3) is 0.647. The fourth-order valence-electron chi connectivity index (χ4n) is 3.12. The van der Waals surface area contributed by atoms with E-state index in [0.29, 0.717) is 5.92 Å². The van der Waals surface area contributed by atoms with Crippen molar-refractivity contribution in [1.82, 2.24) is 0 Å². The molecule has 19 heavy (non-hydrogen) atoms. The van der Waals surface area contributed by atoms with Gasteiger partial charge in [-0.2, -0.15) is 0 Å². The van der Waals surface area contributed by atoms with E-state index in [1.165, 1.54) is 17.7 Å². The van der Waals surface area contributed by atoms with Crippen molar-refractivity contribution in [2.75, 3.05) is 18.5 Å². The van der Waals surface area contributed by atoms with Crippen molar-refractivity contribution in [3.05, 3.63) is 29.8 Å². The second kappa shape index (κ2) is 6.42. The van der Waals surface area contributed by atoms with Crippen LogP contribution in [0.3, 0.4) is 0 Å². The lowest BCUT2D eigenvalue weighted by Gasteiger charge is -2.35. The zero-order valence-electron chi connectivity index (χ0n) is 12.5. The Bertz CT molecular complexity index is 387. The highest BCUT2D eigenvalue weighted by molar-refractivity contribution is 5.46. The SMILES string of the molecule is CCc1ccc(N(C)CC2CC(C)CCC2O)cc1. The predicted octanol–water partition coefficient (Wildman–Crippen LogP) is 3.48. The monoisotopic (exact) mass is 261 g/mol. The van der Waals surface area contributed by atoms with Gasteiger partial charge < -0.3 is 10.0 Å². The van der Waals surface area contributed by atoms with Crippen molar-refractivity contribution in [3.8, 4) is 0 Å². The third-order valence-electron chi connectivity index (χ3n) is 4.50. The molecule has 0 radical (unpaired) electrons. The molecule has 0 amide bonds. The molecule has 1 fully saturated rings. The van der Waals surface area contributed by atoms with Crippen molar-refractivity contribution in [1.29, 1.82) is 0 Å². The topological polar surface area (TPSA) is 23.5 Å². The summed E-state index contributed by atoms with van der Waals surface area (Å²) in [5, 5.41) is 10.1. The normalized spacial score (nSPS) is 27.3. The van der Waals surface area contributed by atoms with Crippen molar-refractivity contribution < 1.29 is 5.11 Å². The van der Waals surface area contributed by atoms with Gasteiger partial charge in [-0.05, 0) is 49.3 Å². The Morgan fingerprint density at radius 3 is 2.53 bits per heavy atom. The molecule has 2 nitrogen and oxygen atoms in total. The van der Waals surface area contributed by atoms with Crippen LogP contribution in [0.25, 0.3) is 0 Å². The lowest BCUT2D eigenvalue weighted by atomic mass is 9.80. The number of hydrogen-bond acceptors (Lipinski definition) is 2. The molecule has 0 heterocycles. The maximum absolute atomic E-state index is 10.1. The van der Waals surface area contributed by atoms with Gasteiger partial charge in [0.25, 0.3) is 0 Å². The Labute approximate surface area is 117 Å². The van der Waals surface area contributed by atoms with Crippen molar-refractivity contribution >= 4 is 5.69 Å². The van der Waals surface area contributed by atoms with Crippen LogP contribution in [0.15, 0.2) is 24.3 Å². The summed E-state index contributed by atoms with van der Waals surface area (Å²) >= 11 is 0. The summed E-state index contributed by atoms with van der Waals surface area (Å²) in [5.74, 6) is 1.17. The third kappa shape index (κ3) is 3.73. The molecule has 2 rings (SSSR count). The van der Waals surface area contributed by atoms with Crippen LogP contribution in [0, 0.1) is 11.8 Å². The summed E-state index contributed by atoms with van der Waals surface area (Å²) in [6, 6.07) is 8.78. The van der Waals surface area contributed by atoms with Crippen LogP contribution < -0.4 is 4.90 Å². The van der Waals surface area contributed by atoms with Gasteiger partial charge in [0.2, 0.25) is 0 Å². The molecule has 0 aliphatic heterocycles. The summed E-state index contributed by atoms with van der Waals surface area (Å²) < 4.78 is 0. The van der Waals surface area contributed by atoms with Gasteiger partial charge in [0.05, 0.1) is 6.10 Å². The van der Waals surface area contributed by atoms with Crippen LogP contribution in [-0.2, 0) is 6.42 Å². The van der Waals surface area contributed by atoms with E-state index in [-0.39, 0.29) is 6.10 Å². The first-order chi connectivity index (χ1) is 9.10. The molecule has 1 saturated carbocycles. The van der Waals surface area contributed by atoms with Gasteiger partial charge in [0.15, 0.2) is 0 Å². The van der Waals surface area contributed by atoms with Crippen LogP contribution >= 0.6 is 0 Å². The lowest BCUT2D eigenvalue weighted by molar-refractivity contribution is 0.0556. The number of aliphatic hydroxyl groups excluding tert-OH is 1. The average molecular weight is 261 g/mol. The summed E-state index contributed by atoms with van der Waals surface area (Å²) in [5.41, 5.74) is 2.63. The number of rotatable bonds is 4. The molecular formula is C17H27NO. The van der Waals surface area contributed by atoms with E-state index < -0.39 is 0 Å². The van der Waals surface area contributed by atoms with E-state index in [2.05, 4.69) is 50.1 Å². The number of hydrogen-bond donors (Lipinski definition) is 1. The molecule has 0 spiro atoms. The molecule has 106 valence electrons. The van der Waals surface area contributed by atoms with E-state index in [4.69, 9.17) is 0 Å². The summed E-state index contributed by atoms with van der Waals surface area (Å²) in [6.45, 7) is 5.43. The van der Waals surface area contributed by atoms with Gasteiger partial charge in [-0.1, -0.05) is 26.0 Å².